The van der Waals surface area contributed by atoms with Crippen LogP contribution in [0.3, 0.4) is 0 Å². The molecule has 0 aliphatic heterocycles. The predicted octanol–water partition coefficient (Wildman–Crippen LogP) is 3.34. The molecule has 0 aliphatic carbocycles. The summed E-state index contributed by atoms with van der Waals surface area (Å²) in [6, 6.07) is 13.4. The van der Waals surface area contributed by atoms with Crippen LogP contribution in [0.25, 0.3) is 0 Å². The molecule has 0 aromatic heterocycles. The second-order valence-electron chi connectivity index (χ2n) is 4.39. The third kappa shape index (κ3) is 4.72. The lowest BCUT2D eigenvalue weighted by atomic mass is 10.3. The lowest BCUT2D eigenvalue weighted by Gasteiger charge is -2.08. The fraction of sp³-hybridized carbons (Fsp3) is 0.250. The normalized spacial score (nSPS) is 10.2. The molecule has 4 heteroatoms. The third-order valence-electron chi connectivity index (χ3n) is 2.75. The number of unbranched alkanes of at least 4 members (excludes halogenated alkanes) is 1. The largest absolute Gasteiger partial charge is 0.508 e. The summed E-state index contributed by atoms with van der Waals surface area (Å²) in [6.45, 7) is 1.23. The Morgan fingerprint density at radius 1 is 0.600 bits per heavy atom. The highest BCUT2D eigenvalue weighted by atomic mass is 16.5. The summed E-state index contributed by atoms with van der Waals surface area (Å²) in [7, 11) is 0. The van der Waals surface area contributed by atoms with E-state index in [1.54, 1.807) is 48.5 Å². The number of benzene rings is 2. The van der Waals surface area contributed by atoms with E-state index >= 15 is 0 Å². The zero-order valence-corrected chi connectivity index (χ0v) is 11.2. The summed E-state index contributed by atoms with van der Waals surface area (Å²) in [6.07, 6.45) is 1.78. The number of aromatic hydroxyl groups is 2. The van der Waals surface area contributed by atoms with Gasteiger partial charge < -0.3 is 19.7 Å². The lowest BCUT2D eigenvalue weighted by molar-refractivity contribution is 0.266. The van der Waals surface area contributed by atoms with E-state index in [9.17, 15) is 0 Å². The van der Waals surface area contributed by atoms with Gasteiger partial charge in [-0.3, -0.25) is 0 Å². The van der Waals surface area contributed by atoms with Crippen molar-refractivity contribution in [1.82, 2.24) is 0 Å². The van der Waals surface area contributed by atoms with Crippen LogP contribution in [-0.2, 0) is 0 Å². The monoisotopic (exact) mass is 274 g/mol. The van der Waals surface area contributed by atoms with Crippen LogP contribution in [0.2, 0.25) is 0 Å². The molecule has 20 heavy (non-hydrogen) atoms. The molecule has 0 saturated carbocycles. The van der Waals surface area contributed by atoms with Crippen molar-refractivity contribution in [2.75, 3.05) is 13.2 Å². The quantitative estimate of drug-likeness (QED) is 0.760. The topological polar surface area (TPSA) is 58.9 Å². The number of hydrogen-bond acceptors (Lipinski definition) is 4. The first-order valence-corrected chi connectivity index (χ1v) is 6.58. The molecular weight excluding hydrogens is 256 g/mol. The molecule has 0 bridgehead atoms. The lowest BCUT2D eigenvalue weighted by Crippen LogP contribution is -2.02. The zero-order valence-electron chi connectivity index (χ0n) is 11.2. The Balaban J connectivity index is 1.57. The molecule has 0 aliphatic rings. The van der Waals surface area contributed by atoms with Crippen LogP contribution >= 0.6 is 0 Å². The molecule has 0 fully saturated rings. The molecule has 0 spiro atoms. The van der Waals surface area contributed by atoms with Gasteiger partial charge in [0.05, 0.1) is 13.2 Å². The number of ether oxygens (including phenoxy) is 2. The molecule has 0 heterocycles. The summed E-state index contributed by atoms with van der Waals surface area (Å²) in [4.78, 5) is 0. The SMILES string of the molecule is Oc1ccc(OCCCCOc2ccc(O)cc2)cc1. The Bertz CT molecular complexity index is 456. The highest BCUT2D eigenvalue weighted by molar-refractivity contribution is 5.30. The highest BCUT2D eigenvalue weighted by Gasteiger charge is 1.96. The summed E-state index contributed by atoms with van der Waals surface area (Å²) in [5.74, 6) is 1.98. The minimum Gasteiger partial charge on any atom is -0.508 e. The van der Waals surface area contributed by atoms with Gasteiger partial charge in [0, 0.05) is 0 Å². The van der Waals surface area contributed by atoms with Gasteiger partial charge in [-0.05, 0) is 61.4 Å². The number of phenols is 2. The van der Waals surface area contributed by atoms with E-state index in [2.05, 4.69) is 0 Å². The minimum atomic E-state index is 0.236. The number of rotatable bonds is 7. The third-order valence-corrected chi connectivity index (χ3v) is 2.75. The smallest absolute Gasteiger partial charge is 0.119 e. The van der Waals surface area contributed by atoms with Crippen molar-refractivity contribution in [3.63, 3.8) is 0 Å². The van der Waals surface area contributed by atoms with E-state index in [4.69, 9.17) is 19.7 Å². The molecular formula is C16H18O4. The minimum absolute atomic E-state index is 0.236. The Hall–Kier alpha value is -2.36. The molecule has 4 nitrogen and oxygen atoms in total. The fourth-order valence-corrected chi connectivity index (χ4v) is 1.67. The maximum Gasteiger partial charge on any atom is 0.119 e. The molecule has 0 amide bonds. The van der Waals surface area contributed by atoms with E-state index in [-0.39, 0.29) is 11.5 Å². The Morgan fingerprint density at radius 2 is 0.950 bits per heavy atom. The average molecular weight is 274 g/mol. The molecule has 0 radical (unpaired) electrons. The van der Waals surface area contributed by atoms with Crippen molar-refractivity contribution >= 4 is 0 Å². The molecule has 2 rings (SSSR count). The molecule has 2 aromatic rings. The van der Waals surface area contributed by atoms with Crippen molar-refractivity contribution in [2.24, 2.45) is 0 Å². The summed E-state index contributed by atoms with van der Waals surface area (Å²) in [5, 5.41) is 18.3. The van der Waals surface area contributed by atoms with Crippen molar-refractivity contribution in [3.05, 3.63) is 48.5 Å². The van der Waals surface area contributed by atoms with Crippen LogP contribution in [0.1, 0.15) is 12.8 Å². The van der Waals surface area contributed by atoms with Crippen molar-refractivity contribution < 1.29 is 19.7 Å². The van der Waals surface area contributed by atoms with Gasteiger partial charge in [-0.2, -0.15) is 0 Å². The van der Waals surface area contributed by atoms with E-state index < -0.39 is 0 Å². The highest BCUT2D eigenvalue weighted by Crippen LogP contribution is 2.17. The van der Waals surface area contributed by atoms with Crippen molar-refractivity contribution in [1.29, 1.82) is 0 Å². The first kappa shape index (κ1) is 14.1. The van der Waals surface area contributed by atoms with Gasteiger partial charge in [-0.25, -0.2) is 0 Å². The summed E-state index contributed by atoms with van der Waals surface area (Å²) >= 11 is 0. The van der Waals surface area contributed by atoms with Gasteiger partial charge in [0.1, 0.15) is 23.0 Å². The maximum absolute atomic E-state index is 9.14. The van der Waals surface area contributed by atoms with Gasteiger partial charge in [0.25, 0.3) is 0 Å². The molecule has 106 valence electrons. The van der Waals surface area contributed by atoms with Gasteiger partial charge in [-0.15, -0.1) is 0 Å². The molecule has 0 unspecified atom stereocenters. The second-order valence-corrected chi connectivity index (χ2v) is 4.39. The molecule has 2 aromatic carbocycles. The predicted molar refractivity (Wildman–Crippen MR) is 76.4 cm³/mol. The fourth-order valence-electron chi connectivity index (χ4n) is 1.67. The first-order valence-electron chi connectivity index (χ1n) is 6.58. The maximum atomic E-state index is 9.14. The number of phenolic OH excluding ortho intramolecular Hbond substituents is 2. The van der Waals surface area contributed by atoms with Gasteiger partial charge in [0.2, 0.25) is 0 Å². The van der Waals surface area contributed by atoms with Crippen molar-refractivity contribution in [2.45, 2.75) is 12.8 Å². The van der Waals surface area contributed by atoms with Gasteiger partial charge in [-0.1, -0.05) is 0 Å². The zero-order chi connectivity index (χ0) is 14.2. The van der Waals surface area contributed by atoms with Crippen LogP contribution in [0.5, 0.6) is 23.0 Å². The van der Waals surface area contributed by atoms with E-state index in [1.807, 2.05) is 0 Å². The molecule has 0 atom stereocenters. The summed E-state index contributed by atoms with van der Waals surface area (Å²) in [5.41, 5.74) is 0. The standard InChI is InChI=1S/C16H18O4/c17-13-3-7-15(8-4-13)19-11-1-2-12-20-16-9-5-14(18)6-10-16/h3-10,17-18H,1-2,11-12H2. The van der Waals surface area contributed by atoms with E-state index in [0.717, 1.165) is 24.3 Å². The second kappa shape index (κ2) is 7.28. The number of hydrogen-bond donors (Lipinski definition) is 2. The Kier molecular flexibility index (Phi) is 5.12. The Morgan fingerprint density at radius 3 is 1.30 bits per heavy atom. The van der Waals surface area contributed by atoms with Crippen molar-refractivity contribution in [3.8, 4) is 23.0 Å². The Labute approximate surface area is 118 Å². The van der Waals surface area contributed by atoms with Crippen LogP contribution in [-0.4, -0.2) is 23.4 Å². The van der Waals surface area contributed by atoms with Crippen LogP contribution in [0.15, 0.2) is 48.5 Å². The first-order chi connectivity index (χ1) is 9.74. The van der Waals surface area contributed by atoms with Crippen LogP contribution < -0.4 is 9.47 Å². The summed E-state index contributed by atoms with van der Waals surface area (Å²) < 4.78 is 11.1. The van der Waals surface area contributed by atoms with Crippen LogP contribution in [0, 0.1) is 0 Å². The van der Waals surface area contributed by atoms with Gasteiger partial charge >= 0.3 is 0 Å². The van der Waals surface area contributed by atoms with Gasteiger partial charge in [0.15, 0.2) is 0 Å². The van der Waals surface area contributed by atoms with Crippen LogP contribution in [0.4, 0.5) is 0 Å². The average Bonchev–Trinajstić information content (AvgIpc) is 2.46. The van der Waals surface area contributed by atoms with E-state index in [0.29, 0.717) is 13.2 Å². The molecule has 2 N–H and O–H groups in total. The van der Waals surface area contributed by atoms with E-state index in [1.165, 1.54) is 0 Å². The molecule has 0 saturated heterocycles.